The number of halogens is 1. The van der Waals surface area contributed by atoms with Crippen LogP contribution in [-0.2, 0) is 0 Å². The van der Waals surface area contributed by atoms with Crippen LogP contribution in [0.2, 0.25) is 0 Å². The van der Waals surface area contributed by atoms with Gasteiger partial charge in [0.05, 0.1) is 0 Å². The van der Waals surface area contributed by atoms with Gasteiger partial charge in [-0.05, 0) is 51.8 Å². The summed E-state index contributed by atoms with van der Waals surface area (Å²) in [5.74, 6) is 1.13. The van der Waals surface area contributed by atoms with Gasteiger partial charge in [0.2, 0.25) is 0 Å². The van der Waals surface area contributed by atoms with Crippen molar-refractivity contribution in [3.05, 3.63) is 58.7 Å². The van der Waals surface area contributed by atoms with E-state index in [9.17, 15) is 0 Å². The third-order valence-corrected chi connectivity index (χ3v) is 3.62. The smallest absolute Gasteiger partial charge is 0.171 e. The van der Waals surface area contributed by atoms with E-state index in [1.165, 1.54) is 5.56 Å². The fourth-order valence-electron chi connectivity index (χ4n) is 1.76. The molecule has 0 radical (unpaired) electrons. The lowest BCUT2D eigenvalue weighted by Gasteiger charge is -2.15. The van der Waals surface area contributed by atoms with Crippen molar-refractivity contribution in [1.29, 1.82) is 0 Å². The first-order valence-corrected chi connectivity index (χ1v) is 7.56. The van der Waals surface area contributed by atoms with Crippen molar-refractivity contribution in [2.45, 2.75) is 12.8 Å². The molecule has 0 aliphatic heterocycles. The fourth-order valence-corrected chi connectivity index (χ4v) is 2.18. The lowest BCUT2D eigenvalue weighted by atomic mass is 10.0. The minimum atomic E-state index is 0.397. The number of nitrogens with zero attached hydrogens (tertiary/aromatic N) is 1. The quantitative estimate of drug-likeness (QED) is 0.820. The molecule has 0 fully saturated rings. The van der Waals surface area contributed by atoms with Crippen LogP contribution in [0.25, 0.3) is 0 Å². The Morgan fingerprint density at radius 3 is 2.65 bits per heavy atom. The Kier molecular flexibility index (Phi) is 5.49. The highest BCUT2D eigenvalue weighted by atomic mass is 79.9. The van der Waals surface area contributed by atoms with Crippen LogP contribution >= 0.6 is 28.1 Å². The normalized spacial score (nSPS) is 11.7. The molecule has 20 heavy (non-hydrogen) atoms. The molecule has 0 saturated carbocycles. The molecule has 1 aromatic carbocycles. The molecule has 0 aliphatic rings. The summed E-state index contributed by atoms with van der Waals surface area (Å²) in [5, 5.41) is 6.86. The number of pyridine rings is 1. The largest absolute Gasteiger partial charge is 0.362 e. The predicted octanol–water partition coefficient (Wildman–Crippen LogP) is 3.93. The number of nitrogens with one attached hydrogen (secondary N) is 2. The molecule has 0 saturated heterocycles. The van der Waals surface area contributed by atoms with E-state index >= 15 is 0 Å². The molecule has 0 bridgehead atoms. The Morgan fingerprint density at radius 1 is 1.25 bits per heavy atom. The summed E-state index contributed by atoms with van der Waals surface area (Å²) in [7, 11) is 0. The molecule has 1 aromatic heterocycles. The first-order valence-electron chi connectivity index (χ1n) is 6.36. The molecule has 2 rings (SSSR count). The zero-order valence-electron chi connectivity index (χ0n) is 11.1. The van der Waals surface area contributed by atoms with Crippen molar-refractivity contribution in [3.8, 4) is 0 Å². The standard InChI is InChI=1S/C15H16BrN3S/c1-11(12-5-3-2-4-6-12)9-18-15(20)19-14-8-7-13(16)10-17-14/h2-8,10-11H,9H2,1H3,(H2,17,18,19,20)/t11-/m0/s1. The molecule has 104 valence electrons. The molecule has 0 unspecified atom stereocenters. The van der Waals surface area contributed by atoms with E-state index in [-0.39, 0.29) is 0 Å². The molecule has 0 spiro atoms. The van der Waals surface area contributed by atoms with E-state index in [0.29, 0.717) is 11.0 Å². The Labute approximate surface area is 132 Å². The number of aromatic nitrogens is 1. The highest BCUT2D eigenvalue weighted by Gasteiger charge is 2.05. The summed E-state index contributed by atoms with van der Waals surface area (Å²) in [5.41, 5.74) is 1.30. The van der Waals surface area contributed by atoms with Crippen LogP contribution in [0.5, 0.6) is 0 Å². The van der Waals surface area contributed by atoms with Crippen LogP contribution in [0, 0.1) is 0 Å². The molecule has 1 atom stereocenters. The SMILES string of the molecule is C[C@@H](CNC(=S)Nc1ccc(Br)cn1)c1ccccc1. The molecular formula is C15H16BrN3S. The number of anilines is 1. The van der Waals surface area contributed by atoms with Gasteiger partial charge in [0.1, 0.15) is 5.82 Å². The number of rotatable bonds is 4. The first kappa shape index (κ1) is 14.9. The van der Waals surface area contributed by atoms with E-state index in [1.807, 2.05) is 30.3 Å². The molecule has 3 nitrogen and oxygen atoms in total. The predicted molar refractivity (Wildman–Crippen MR) is 91.0 cm³/mol. The number of hydrogen-bond acceptors (Lipinski definition) is 2. The van der Waals surface area contributed by atoms with E-state index < -0.39 is 0 Å². The maximum Gasteiger partial charge on any atom is 0.171 e. The monoisotopic (exact) mass is 349 g/mol. The van der Waals surface area contributed by atoms with E-state index in [2.05, 4.69) is 50.6 Å². The molecule has 1 heterocycles. The molecule has 2 N–H and O–H groups in total. The lowest BCUT2D eigenvalue weighted by molar-refractivity contribution is 0.723. The Hall–Kier alpha value is -1.46. The van der Waals surface area contributed by atoms with Gasteiger partial charge in [-0.3, -0.25) is 0 Å². The average molecular weight is 350 g/mol. The summed E-state index contributed by atoms with van der Waals surface area (Å²) in [6, 6.07) is 14.2. The van der Waals surface area contributed by atoms with Gasteiger partial charge in [-0.15, -0.1) is 0 Å². The zero-order valence-corrected chi connectivity index (χ0v) is 13.5. The second-order valence-electron chi connectivity index (χ2n) is 4.51. The molecular weight excluding hydrogens is 334 g/mol. The summed E-state index contributed by atoms with van der Waals surface area (Å²) < 4.78 is 0.944. The fraction of sp³-hybridized carbons (Fsp3) is 0.200. The zero-order chi connectivity index (χ0) is 14.4. The van der Waals surface area contributed by atoms with Gasteiger partial charge in [0.15, 0.2) is 5.11 Å². The maximum absolute atomic E-state index is 5.26. The van der Waals surface area contributed by atoms with E-state index in [1.54, 1.807) is 6.20 Å². The average Bonchev–Trinajstić information content (AvgIpc) is 2.48. The van der Waals surface area contributed by atoms with Gasteiger partial charge >= 0.3 is 0 Å². The van der Waals surface area contributed by atoms with Crippen LogP contribution in [0.4, 0.5) is 5.82 Å². The van der Waals surface area contributed by atoms with Crippen molar-refractivity contribution in [2.75, 3.05) is 11.9 Å². The third-order valence-electron chi connectivity index (χ3n) is 2.91. The minimum Gasteiger partial charge on any atom is -0.362 e. The summed E-state index contributed by atoms with van der Waals surface area (Å²) in [6.45, 7) is 2.95. The highest BCUT2D eigenvalue weighted by Crippen LogP contribution is 2.13. The maximum atomic E-state index is 5.26. The lowest BCUT2D eigenvalue weighted by Crippen LogP contribution is -2.31. The van der Waals surface area contributed by atoms with Crippen molar-refractivity contribution in [1.82, 2.24) is 10.3 Å². The number of hydrogen-bond donors (Lipinski definition) is 2. The minimum absolute atomic E-state index is 0.397. The van der Waals surface area contributed by atoms with E-state index in [4.69, 9.17) is 12.2 Å². The van der Waals surface area contributed by atoms with Crippen LogP contribution in [0.15, 0.2) is 53.1 Å². The van der Waals surface area contributed by atoms with E-state index in [0.717, 1.165) is 16.8 Å². The molecule has 5 heteroatoms. The Morgan fingerprint density at radius 2 is 2.00 bits per heavy atom. The molecule has 0 amide bonds. The van der Waals surface area contributed by atoms with Gasteiger partial charge in [-0.2, -0.15) is 0 Å². The summed E-state index contributed by atoms with van der Waals surface area (Å²) in [6.07, 6.45) is 1.73. The summed E-state index contributed by atoms with van der Waals surface area (Å²) >= 11 is 8.61. The number of thiocarbonyl (C=S) groups is 1. The van der Waals surface area contributed by atoms with Crippen LogP contribution in [0.1, 0.15) is 18.4 Å². The molecule has 0 aliphatic carbocycles. The van der Waals surface area contributed by atoms with Gasteiger partial charge < -0.3 is 10.6 Å². The van der Waals surface area contributed by atoms with Gasteiger partial charge in [0, 0.05) is 17.2 Å². The van der Waals surface area contributed by atoms with Crippen molar-refractivity contribution in [3.63, 3.8) is 0 Å². The van der Waals surface area contributed by atoms with Crippen molar-refractivity contribution < 1.29 is 0 Å². The van der Waals surface area contributed by atoms with Crippen LogP contribution in [0.3, 0.4) is 0 Å². The van der Waals surface area contributed by atoms with Gasteiger partial charge in [-0.25, -0.2) is 4.98 Å². The van der Waals surface area contributed by atoms with Crippen LogP contribution < -0.4 is 10.6 Å². The second kappa shape index (κ2) is 7.36. The topological polar surface area (TPSA) is 37.0 Å². The first-order chi connectivity index (χ1) is 9.65. The Bertz CT molecular complexity index is 557. The Balaban J connectivity index is 1.82. The van der Waals surface area contributed by atoms with Gasteiger partial charge in [0.25, 0.3) is 0 Å². The van der Waals surface area contributed by atoms with Crippen molar-refractivity contribution >= 4 is 39.1 Å². The molecule has 2 aromatic rings. The van der Waals surface area contributed by atoms with Crippen LogP contribution in [-0.4, -0.2) is 16.6 Å². The highest BCUT2D eigenvalue weighted by molar-refractivity contribution is 9.10. The number of benzene rings is 1. The summed E-state index contributed by atoms with van der Waals surface area (Å²) in [4.78, 5) is 4.22. The third kappa shape index (κ3) is 4.58. The van der Waals surface area contributed by atoms with Crippen molar-refractivity contribution in [2.24, 2.45) is 0 Å². The second-order valence-corrected chi connectivity index (χ2v) is 5.83. The van der Waals surface area contributed by atoms with Gasteiger partial charge in [-0.1, -0.05) is 37.3 Å².